The summed E-state index contributed by atoms with van der Waals surface area (Å²) in [6.45, 7) is 0. The normalized spacial score (nSPS) is 10.7. The van der Waals surface area contributed by atoms with Gasteiger partial charge in [-0.15, -0.1) is 0 Å². The molecule has 0 spiro atoms. The van der Waals surface area contributed by atoms with Crippen molar-refractivity contribution in [1.29, 1.82) is 0 Å². The van der Waals surface area contributed by atoms with Gasteiger partial charge in [0, 0.05) is 27.1 Å². The number of ketones is 1. The van der Waals surface area contributed by atoms with Gasteiger partial charge >= 0.3 is 5.97 Å². The minimum Gasteiger partial charge on any atom is -0.497 e. The number of carbonyl (C=O) groups is 2. The van der Waals surface area contributed by atoms with E-state index in [1.54, 1.807) is 49.6 Å². The molecule has 3 aromatic rings. The van der Waals surface area contributed by atoms with Gasteiger partial charge in [-0.1, -0.05) is 11.6 Å². The number of hydrogen-bond donors (Lipinski definition) is 1. The van der Waals surface area contributed by atoms with E-state index in [1.807, 2.05) is 0 Å². The summed E-state index contributed by atoms with van der Waals surface area (Å²) in [6.07, 6.45) is -0.0198. The molecule has 2 aromatic carbocycles. The number of benzene rings is 2. The number of aromatic amines is 1. The van der Waals surface area contributed by atoms with E-state index in [1.165, 1.54) is 7.11 Å². The molecular formula is C19H16ClNO4. The van der Waals surface area contributed by atoms with Gasteiger partial charge in [-0.3, -0.25) is 9.59 Å². The summed E-state index contributed by atoms with van der Waals surface area (Å²) < 4.78 is 9.87. The third-order valence-electron chi connectivity index (χ3n) is 4.00. The second-order valence-corrected chi connectivity index (χ2v) is 5.92. The average molecular weight is 358 g/mol. The van der Waals surface area contributed by atoms with Crippen molar-refractivity contribution >= 4 is 34.3 Å². The first-order valence-electron chi connectivity index (χ1n) is 7.59. The van der Waals surface area contributed by atoms with Gasteiger partial charge in [0.2, 0.25) is 5.78 Å². The molecule has 128 valence electrons. The number of fused-ring (bicyclic) bond motifs is 1. The fourth-order valence-corrected chi connectivity index (χ4v) is 2.87. The lowest BCUT2D eigenvalue weighted by atomic mass is 10.0. The van der Waals surface area contributed by atoms with Crippen molar-refractivity contribution in [2.75, 3.05) is 14.2 Å². The van der Waals surface area contributed by atoms with Gasteiger partial charge in [-0.05, 0) is 42.5 Å². The minimum atomic E-state index is -0.426. The Morgan fingerprint density at radius 2 is 1.80 bits per heavy atom. The van der Waals surface area contributed by atoms with Crippen molar-refractivity contribution in [3.63, 3.8) is 0 Å². The Labute approximate surface area is 149 Å². The lowest BCUT2D eigenvalue weighted by Crippen LogP contribution is -2.10. The van der Waals surface area contributed by atoms with E-state index in [0.29, 0.717) is 27.6 Å². The zero-order valence-corrected chi connectivity index (χ0v) is 14.5. The smallest absolute Gasteiger partial charge is 0.310 e. The van der Waals surface area contributed by atoms with E-state index in [2.05, 4.69) is 4.98 Å². The number of rotatable bonds is 5. The number of halogens is 1. The standard InChI is InChI=1S/C19H16ClNO4/c1-24-13-6-3-11(4-7-13)19(23)18-15(10-17(22)25-2)14-9-12(20)5-8-16(14)21-18/h3-9,21H,10H2,1-2H3. The summed E-state index contributed by atoms with van der Waals surface area (Å²) in [5, 5.41) is 1.26. The monoisotopic (exact) mass is 357 g/mol. The topological polar surface area (TPSA) is 68.4 Å². The predicted molar refractivity (Wildman–Crippen MR) is 95.5 cm³/mol. The third kappa shape index (κ3) is 3.37. The van der Waals surface area contributed by atoms with Crippen LogP contribution >= 0.6 is 11.6 Å². The minimum absolute atomic E-state index is 0.0198. The second-order valence-electron chi connectivity index (χ2n) is 5.48. The summed E-state index contributed by atoms with van der Waals surface area (Å²) in [5.41, 5.74) is 2.16. The van der Waals surface area contributed by atoms with E-state index in [0.717, 1.165) is 10.9 Å². The largest absolute Gasteiger partial charge is 0.497 e. The first kappa shape index (κ1) is 17.0. The van der Waals surface area contributed by atoms with Crippen LogP contribution in [-0.2, 0) is 16.0 Å². The van der Waals surface area contributed by atoms with Crippen LogP contribution < -0.4 is 4.74 Å². The van der Waals surface area contributed by atoms with E-state index in [4.69, 9.17) is 21.1 Å². The molecule has 0 aliphatic rings. The molecule has 6 heteroatoms. The van der Waals surface area contributed by atoms with Gasteiger partial charge in [0.25, 0.3) is 0 Å². The molecule has 5 nitrogen and oxygen atoms in total. The maximum Gasteiger partial charge on any atom is 0.310 e. The number of H-pyrrole nitrogens is 1. The van der Waals surface area contributed by atoms with E-state index < -0.39 is 5.97 Å². The maximum atomic E-state index is 12.9. The van der Waals surface area contributed by atoms with Crippen LogP contribution in [0.15, 0.2) is 42.5 Å². The summed E-state index contributed by atoms with van der Waals surface area (Å²) in [4.78, 5) is 27.8. The molecule has 3 rings (SSSR count). The highest BCUT2D eigenvalue weighted by Gasteiger charge is 2.21. The number of methoxy groups -OCH3 is 2. The third-order valence-corrected chi connectivity index (χ3v) is 4.23. The second kappa shape index (κ2) is 6.99. The van der Waals surface area contributed by atoms with Crippen LogP contribution in [0.1, 0.15) is 21.6 Å². The summed E-state index contributed by atoms with van der Waals surface area (Å²) in [5.74, 6) is 0.0216. The molecule has 0 unspecified atom stereocenters. The Hall–Kier alpha value is -2.79. The quantitative estimate of drug-likeness (QED) is 0.557. The Kier molecular flexibility index (Phi) is 4.76. The number of esters is 1. The van der Waals surface area contributed by atoms with Gasteiger partial charge in [0.15, 0.2) is 0 Å². The molecule has 0 aliphatic carbocycles. The van der Waals surface area contributed by atoms with Crippen LogP contribution in [0, 0.1) is 0 Å². The Bertz CT molecular complexity index is 944. The highest BCUT2D eigenvalue weighted by atomic mass is 35.5. The number of hydrogen-bond acceptors (Lipinski definition) is 4. The Morgan fingerprint density at radius 1 is 1.08 bits per heavy atom. The highest BCUT2D eigenvalue weighted by Crippen LogP contribution is 2.28. The molecule has 1 heterocycles. The van der Waals surface area contributed by atoms with Gasteiger partial charge < -0.3 is 14.5 Å². The zero-order chi connectivity index (χ0) is 18.0. The van der Waals surface area contributed by atoms with Gasteiger partial charge in [-0.25, -0.2) is 0 Å². The lowest BCUT2D eigenvalue weighted by molar-refractivity contribution is -0.139. The van der Waals surface area contributed by atoms with Crippen LogP contribution in [0.3, 0.4) is 0 Å². The molecule has 25 heavy (non-hydrogen) atoms. The fraction of sp³-hybridized carbons (Fsp3) is 0.158. The van der Waals surface area contributed by atoms with Crippen LogP contribution in [0.4, 0.5) is 0 Å². The maximum absolute atomic E-state index is 12.9. The van der Waals surface area contributed by atoms with Crippen molar-refractivity contribution < 1.29 is 19.1 Å². The SMILES string of the molecule is COC(=O)Cc1c(C(=O)c2ccc(OC)cc2)[nH]c2ccc(Cl)cc12. The van der Waals surface area contributed by atoms with Crippen molar-refractivity contribution in [3.8, 4) is 5.75 Å². The molecule has 1 N–H and O–H groups in total. The number of ether oxygens (including phenoxy) is 2. The predicted octanol–water partition coefficient (Wildman–Crippen LogP) is 3.78. The van der Waals surface area contributed by atoms with Crippen molar-refractivity contribution in [2.24, 2.45) is 0 Å². The first-order valence-corrected chi connectivity index (χ1v) is 7.97. The fourth-order valence-electron chi connectivity index (χ4n) is 2.70. The van der Waals surface area contributed by atoms with Crippen LogP contribution in [0.5, 0.6) is 5.75 Å². The molecule has 0 aliphatic heterocycles. The first-order chi connectivity index (χ1) is 12.0. The molecule has 0 saturated carbocycles. The average Bonchev–Trinajstić information content (AvgIpc) is 2.98. The summed E-state index contributed by atoms with van der Waals surface area (Å²) >= 11 is 6.07. The van der Waals surface area contributed by atoms with E-state index in [-0.39, 0.29) is 12.2 Å². The number of aromatic nitrogens is 1. The Balaban J connectivity index is 2.11. The molecular weight excluding hydrogens is 342 g/mol. The zero-order valence-electron chi connectivity index (χ0n) is 13.8. The van der Waals surface area contributed by atoms with Gasteiger partial charge in [-0.2, -0.15) is 0 Å². The van der Waals surface area contributed by atoms with Crippen LogP contribution in [0.25, 0.3) is 10.9 Å². The number of nitrogens with one attached hydrogen (secondary N) is 1. The van der Waals surface area contributed by atoms with Gasteiger partial charge in [0.05, 0.1) is 26.3 Å². The van der Waals surface area contributed by atoms with Crippen LogP contribution in [0.2, 0.25) is 5.02 Å². The molecule has 1 aromatic heterocycles. The molecule has 0 fully saturated rings. The van der Waals surface area contributed by atoms with Crippen molar-refractivity contribution in [2.45, 2.75) is 6.42 Å². The lowest BCUT2D eigenvalue weighted by Gasteiger charge is -2.05. The molecule has 0 saturated heterocycles. The molecule has 0 bridgehead atoms. The van der Waals surface area contributed by atoms with Crippen molar-refractivity contribution in [1.82, 2.24) is 4.98 Å². The Morgan fingerprint density at radius 3 is 2.44 bits per heavy atom. The molecule has 0 radical (unpaired) electrons. The number of carbonyl (C=O) groups excluding carboxylic acids is 2. The summed E-state index contributed by atoms with van der Waals surface area (Å²) in [6, 6.07) is 12.0. The highest BCUT2D eigenvalue weighted by molar-refractivity contribution is 6.31. The van der Waals surface area contributed by atoms with Gasteiger partial charge in [0.1, 0.15) is 5.75 Å². The van der Waals surface area contributed by atoms with E-state index in [9.17, 15) is 9.59 Å². The summed E-state index contributed by atoms with van der Waals surface area (Å²) in [7, 11) is 2.88. The molecule has 0 atom stereocenters. The molecule has 0 amide bonds. The van der Waals surface area contributed by atoms with Crippen molar-refractivity contribution in [3.05, 3.63) is 64.3 Å². The van der Waals surface area contributed by atoms with Crippen LogP contribution in [-0.4, -0.2) is 31.0 Å². The van der Waals surface area contributed by atoms with E-state index >= 15 is 0 Å².